The molecule has 0 saturated carbocycles. The topological polar surface area (TPSA) is 48.0 Å². The van der Waals surface area contributed by atoms with Crippen LogP contribution in [0.25, 0.3) is 5.57 Å². The number of esters is 1. The van der Waals surface area contributed by atoms with Crippen molar-refractivity contribution in [3.05, 3.63) is 71.3 Å². The van der Waals surface area contributed by atoms with Crippen LogP contribution in [0.3, 0.4) is 0 Å². The van der Waals surface area contributed by atoms with Crippen molar-refractivity contribution in [1.29, 1.82) is 0 Å². The molecular weight excluding hydrogens is 428 g/mol. The summed E-state index contributed by atoms with van der Waals surface area (Å²) in [6.45, 7) is 7.27. The summed E-state index contributed by atoms with van der Waals surface area (Å²) in [4.78, 5) is 14.3. The maximum atomic E-state index is 13.5. The van der Waals surface area contributed by atoms with Crippen LogP contribution in [0, 0.1) is 11.6 Å². The first-order chi connectivity index (χ1) is 16.0. The SMILES string of the molecule is CCOC(=O)C(Cc1ccc(OCCN2CC=C(c3ccc(F)c(F)c3)CC2)cc1)OCC. The van der Waals surface area contributed by atoms with Crippen LogP contribution >= 0.6 is 0 Å². The molecule has 0 N–H and O–H groups in total. The Balaban J connectivity index is 1.44. The molecular formula is C26H31F2NO4. The second-order valence-corrected chi connectivity index (χ2v) is 7.80. The van der Waals surface area contributed by atoms with Gasteiger partial charge in [0.15, 0.2) is 17.7 Å². The predicted molar refractivity (Wildman–Crippen MR) is 123 cm³/mol. The zero-order valence-corrected chi connectivity index (χ0v) is 19.2. The van der Waals surface area contributed by atoms with E-state index in [9.17, 15) is 13.6 Å². The summed E-state index contributed by atoms with van der Waals surface area (Å²) in [7, 11) is 0. The van der Waals surface area contributed by atoms with Crippen LogP contribution in [0.15, 0.2) is 48.5 Å². The fraction of sp³-hybridized carbons (Fsp3) is 0.423. The number of hydrogen-bond acceptors (Lipinski definition) is 5. The highest BCUT2D eigenvalue weighted by atomic mass is 19.2. The van der Waals surface area contributed by atoms with Crippen molar-refractivity contribution in [2.75, 3.05) is 39.5 Å². The van der Waals surface area contributed by atoms with E-state index in [-0.39, 0.29) is 5.97 Å². The van der Waals surface area contributed by atoms with Crippen molar-refractivity contribution in [1.82, 2.24) is 4.90 Å². The van der Waals surface area contributed by atoms with Gasteiger partial charge in [-0.05, 0) is 61.2 Å². The number of benzene rings is 2. The molecule has 0 aromatic heterocycles. The Bertz CT molecular complexity index is 946. The monoisotopic (exact) mass is 459 g/mol. The van der Waals surface area contributed by atoms with Gasteiger partial charge in [0.05, 0.1) is 6.61 Å². The zero-order valence-electron chi connectivity index (χ0n) is 19.2. The largest absolute Gasteiger partial charge is 0.492 e. The minimum absolute atomic E-state index is 0.327. The summed E-state index contributed by atoms with van der Waals surface area (Å²) >= 11 is 0. The molecule has 1 aliphatic heterocycles. The number of ether oxygens (including phenoxy) is 3. The Morgan fingerprint density at radius 1 is 1.06 bits per heavy atom. The van der Waals surface area contributed by atoms with Gasteiger partial charge in [-0.2, -0.15) is 0 Å². The molecule has 0 bridgehead atoms. The Labute approximate surface area is 193 Å². The minimum Gasteiger partial charge on any atom is -0.492 e. The van der Waals surface area contributed by atoms with E-state index in [2.05, 4.69) is 11.0 Å². The molecule has 1 heterocycles. The standard InChI is InChI=1S/C26H31F2NO4/c1-3-31-25(26(30)32-4-2)17-19-5-8-22(9-6-19)33-16-15-29-13-11-20(12-14-29)21-7-10-23(27)24(28)18-21/h5-11,18,25H,3-4,12-17H2,1-2H3. The van der Waals surface area contributed by atoms with Gasteiger partial charge in [-0.15, -0.1) is 0 Å². The molecule has 0 spiro atoms. The fourth-order valence-corrected chi connectivity index (χ4v) is 3.75. The van der Waals surface area contributed by atoms with Crippen molar-refractivity contribution in [3.63, 3.8) is 0 Å². The van der Waals surface area contributed by atoms with Gasteiger partial charge in [-0.1, -0.05) is 24.3 Å². The highest BCUT2D eigenvalue weighted by Gasteiger charge is 2.20. The lowest BCUT2D eigenvalue weighted by Crippen LogP contribution is -2.32. The minimum atomic E-state index is -0.824. The van der Waals surface area contributed by atoms with Gasteiger partial charge in [0.1, 0.15) is 12.4 Å². The first kappa shape index (κ1) is 24.9. The molecule has 1 unspecified atom stereocenters. The molecule has 2 aromatic carbocycles. The van der Waals surface area contributed by atoms with Crippen molar-refractivity contribution < 1.29 is 27.8 Å². The summed E-state index contributed by atoms with van der Waals surface area (Å²) in [5.74, 6) is -1.22. The lowest BCUT2D eigenvalue weighted by Gasteiger charge is -2.26. The average molecular weight is 460 g/mol. The highest BCUT2D eigenvalue weighted by molar-refractivity contribution is 5.75. The number of hydrogen-bond donors (Lipinski definition) is 0. The third kappa shape index (κ3) is 7.37. The average Bonchev–Trinajstić information content (AvgIpc) is 2.82. The van der Waals surface area contributed by atoms with Gasteiger partial charge >= 0.3 is 5.97 Å². The Morgan fingerprint density at radius 3 is 2.48 bits per heavy atom. The van der Waals surface area contributed by atoms with Gasteiger partial charge in [-0.3, -0.25) is 4.90 Å². The molecule has 1 atom stereocenters. The van der Waals surface area contributed by atoms with E-state index < -0.39 is 17.7 Å². The molecule has 0 amide bonds. The van der Waals surface area contributed by atoms with Crippen LogP contribution in [0.2, 0.25) is 0 Å². The molecule has 0 radical (unpaired) electrons. The lowest BCUT2D eigenvalue weighted by atomic mass is 9.99. The lowest BCUT2D eigenvalue weighted by molar-refractivity contribution is -0.156. The zero-order chi connectivity index (χ0) is 23.6. The van der Waals surface area contributed by atoms with Crippen LogP contribution in [-0.2, 0) is 20.7 Å². The number of nitrogens with zero attached hydrogens (tertiary/aromatic N) is 1. The smallest absolute Gasteiger partial charge is 0.335 e. The van der Waals surface area contributed by atoms with E-state index in [0.717, 1.165) is 48.5 Å². The maximum absolute atomic E-state index is 13.5. The van der Waals surface area contributed by atoms with E-state index in [4.69, 9.17) is 14.2 Å². The highest BCUT2D eigenvalue weighted by Crippen LogP contribution is 2.24. The molecule has 33 heavy (non-hydrogen) atoms. The molecule has 2 aromatic rings. The Hall–Kier alpha value is -2.77. The van der Waals surface area contributed by atoms with E-state index in [1.54, 1.807) is 13.0 Å². The quantitative estimate of drug-likeness (QED) is 0.458. The van der Waals surface area contributed by atoms with Gasteiger partial charge in [0, 0.05) is 32.7 Å². The van der Waals surface area contributed by atoms with E-state index in [1.807, 2.05) is 31.2 Å². The molecule has 3 rings (SSSR count). The van der Waals surface area contributed by atoms with Gasteiger partial charge in [0.25, 0.3) is 0 Å². The number of carbonyl (C=O) groups excluding carboxylic acids is 1. The van der Waals surface area contributed by atoms with Crippen molar-refractivity contribution in [2.45, 2.75) is 32.8 Å². The summed E-state index contributed by atoms with van der Waals surface area (Å²) in [6.07, 6.45) is 2.68. The second kappa shape index (κ2) is 12.5. The van der Waals surface area contributed by atoms with Crippen LogP contribution in [0.4, 0.5) is 8.78 Å². The number of rotatable bonds is 11. The number of carbonyl (C=O) groups is 1. The van der Waals surface area contributed by atoms with E-state index >= 15 is 0 Å². The predicted octanol–water partition coefficient (Wildman–Crippen LogP) is 4.64. The van der Waals surface area contributed by atoms with Crippen molar-refractivity contribution in [3.8, 4) is 5.75 Å². The normalized spacial score (nSPS) is 15.1. The third-order valence-corrected chi connectivity index (χ3v) is 5.52. The molecule has 178 valence electrons. The van der Waals surface area contributed by atoms with Gasteiger partial charge in [-0.25, -0.2) is 13.6 Å². The first-order valence-corrected chi connectivity index (χ1v) is 11.4. The Kier molecular flexibility index (Phi) is 9.39. The summed E-state index contributed by atoms with van der Waals surface area (Å²) in [6, 6.07) is 11.7. The molecule has 5 nitrogen and oxygen atoms in total. The first-order valence-electron chi connectivity index (χ1n) is 11.4. The third-order valence-electron chi connectivity index (χ3n) is 5.52. The van der Waals surface area contributed by atoms with Gasteiger partial charge < -0.3 is 14.2 Å². The van der Waals surface area contributed by atoms with E-state index in [1.165, 1.54) is 12.1 Å². The molecule has 1 aliphatic rings. The van der Waals surface area contributed by atoms with Crippen molar-refractivity contribution >= 4 is 11.5 Å². The summed E-state index contributed by atoms with van der Waals surface area (Å²) in [5, 5.41) is 0. The Morgan fingerprint density at radius 2 is 1.85 bits per heavy atom. The van der Waals surface area contributed by atoms with Crippen LogP contribution in [0.1, 0.15) is 31.4 Å². The molecule has 0 fully saturated rings. The summed E-state index contributed by atoms with van der Waals surface area (Å²) in [5.41, 5.74) is 2.74. The molecule has 0 aliphatic carbocycles. The fourth-order valence-electron chi connectivity index (χ4n) is 3.75. The van der Waals surface area contributed by atoms with Crippen LogP contribution in [-0.4, -0.2) is 56.4 Å². The number of halogens is 2. The second-order valence-electron chi connectivity index (χ2n) is 7.80. The van der Waals surface area contributed by atoms with Crippen LogP contribution in [0.5, 0.6) is 5.75 Å². The van der Waals surface area contributed by atoms with E-state index in [0.29, 0.717) is 26.2 Å². The van der Waals surface area contributed by atoms with Crippen LogP contribution < -0.4 is 4.74 Å². The molecule has 7 heteroatoms. The van der Waals surface area contributed by atoms with Gasteiger partial charge in [0.2, 0.25) is 0 Å². The maximum Gasteiger partial charge on any atom is 0.335 e. The summed E-state index contributed by atoms with van der Waals surface area (Å²) < 4.78 is 43.1. The van der Waals surface area contributed by atoms with Crippen molar-refractivity contribution in [2.24, 2.45) is 0 Å². The molecule has 0 saturated heterocycles.